The molecule has 1 atom stereocenters. The van der Waals surface area contributed by atoms with Gasteiger partial charge in [0.15, 0.2) is 6.17 Å². The van der Waals surface area contributed by atoms with Crippen LogP contribution in [0.1, 0.15) is 22.1 Å². The summed E-state index contributed by atoms with van der Waals surface area (Å²) in [5.74, 6) is -7.30. The molecule has 1 aliphatic carbocycles. The van der Waals surface area contributed by atoms with E-state index in [0.29, 0.717) is 11.8 Å². The lowest BCUT2D eigenvalue weighted by Crippen LogP contribution is -2.26. The van der Waals surface area contributed by atoms with Crippen molar-refractivity contribution in [2.24, 2.45) is 0 Å². The number of hydrogen-bond donors (Lipinski definition) is 0. The van der Waals surface area contributed by atoms with Crippen LogP contribution in [-0.2, 0) is 0 Å². The van der Waals surface area contributed by atoms with E-state index in [1.54, 1.807) is 0 Å². The van der Waals surface area contributed by atoms with Crippen LogP contribution in [0, 0.1) is 5.82 Å². The van der Waals surface area contributed by atoms with E-state index in [0.717, 1.165) is 12.1 Å². The molecule has 0 spiro atoms. The van der Waals surface area contributed by atoms with Gasteiger partial charge in [-0.1, -0.05) is 11.8 Å². The predicted octanol–water partition coefficient (Wildman–Crippen LogP) is 3.69. The predicted molar refractivity (Wildman–Crippen MR) is 51.4 cm³/mol. The molecule has 0 aromatic heterocycles. The Hall–Kier alpha value is -1.11. The number of rotatable bonds is 2. The second-order valence-electron chi connectivity index (χ2n) is 3.40. The number of hydrogen-bond acceptors (Lipinski definition) is 2. The van der Waals surface area contributed by atoms with Crippen LogP contribution < -0.4 is 0 Å². The van der Waals surface area contributed by atoms with E-state index >= 15 is 0 Å². The Bertz CT molecular complexity index is 488. The Morgan fingerprint density at radius 1 is 1.35 bits per heavy atom. The second kappa shape index (κ2) is 3.97. The number of thioether (sulfide) groups is 1. The van der Waals surface area contributed by atoms with Crippen LogP contribution >= 0.6 is 11.8 Å². The molecule has 17 heavy (non-hydrogen) atoms. The van der Waals surface area contributed by atoms with Gasteiger partial charge in [-0.2, -0.15) is 8.78 Å². The standard InChI is InChI=1S/C10H5F5OS/c11-3-17-5-2-1-4(12)6-7(5)9(16)10(14,15)8(6)13/h1-2,8H,3H2. The molecule has 1 aromatic rings. The molecule has 1 unspecified atom stereocenters. The van der Waals surface area contributed by atoms with Gasteiger partial charge in [-0.3, -0.25) is 4.79 Å². The molecule has 0 fully saturated rings. The zero-order chi connectivity index (χ0) is 12.8. The van der Waals surface area contributed by atoms with Gasteiger partial charge in [0.25, 0.3) is 0 Å². The highest BCUT2D eigenvalue weighted by atomic mass is 32.2. The summed E-state index contributed by atoms with van der Waals surface area (Å²) < 4.78 is 65.0. The number of carbonyl (C=O) groups excluding carboxylic acids is 1. The van der Waals surface area contributed by atoms with Crippen molar-refractivity contribution in [1.82, 2.24) is 0 Å². The Morgan fingerprint density at radius 3 is 2.59 bits per heavy atom. The lowest BCUT2D eigenvalue weighted by Gasteiger charge is -2.09. The molecule has 0 heterocycles. The van der Waals surface area contributed by atoms with E-state index in [9.17, 15) is 26.7 Å². The van der Waals surface area contributed by atoms with Crippen molar-refractivity contribution in [1.29, 1.82) is 0 Å². The van der Waals surface area contributed by atoms with E-state index in [4.69, 9.17) is 0 Å². The van der Waals surface area contributed by atoms with Gasteiger partial charge in [0.1, 0.15) is 11.8 Å². The Kier molecular flexibility index (Phi) is 2.89. The third kappa shape index (κ3) is 1.64. The highest BCUT2D eigenvalue weighted by molar-refractivity contribution is 7.99. The molecule has 7 heteroatoms. The second-order valence-corrected chi connectivity index (χ2v) is 4.35. The average molecular weight is 268 g/mol. The first kappa shape index (κ1) is 12.3. The smallest absolute Gasteiger partial charge is 0.287 e. The average Bonchev–Trinajstić information content (AvgIpc) is 2.45. The highest BCUT2D eigenvalue weighted by Gasteiger charge is 2.58. The maximum atomic E-state index is 13.3. The van der Waals surface area contributed by atoms with Crippen LogP contribution in [0.2, 0.25) is 0 Å². The molecule has 2 rings (SSSR count). The monoisotopic (exact) mass is 268 g/mol. The molecule has 0 radical (unpaired) electrons. The first-order valence-corrected chi connectivity index (χ1v) is 5.47. The SMILES string of the molecule is O=C1c2c(SCF)ccc(F)c2C(F)C1(F)F. The van der Waals surface area contributed by atoms with E-state index in [1.807, 2.05) is 0 Å². The van der Waals surface area contributed by atoms with Crippen molar-refractivity contribution < 1.29 is 26.7 Å². The number of ketones is 1. The number of carbonyl (C=O) groups is 1. The van der Waals surface area contributed by atoms with Crippen LogP contribution in [0.3, 0.4) is 0 Å². The molecular formula is C10H5F5OS. The van der Waals surface area contributed by atoms with Gasteiger partial charge < -0.3 is 0 Å². The van der Waals surface area contributed by atoms with Crippen LogP contribution in [0.15, 0.2) is 17.0 Å². The number of Topliss-reactive ketones (excluding diaryl/α,β-unsaturated/α-hetero) is 1. The van der Waals surface area contributed by atoms with Gasteiger partial charge in [0.05, 0.1) is 0 Å². The summed E-state index contributed by atoms with van der Waals surface area (Å²) >= 11 is 0.442. The fourth-order valence-corrected chi connectivity index (χ4v) is 2.33. The molecule has 0 aliphatic heterocycles. The van der Waals surface area contributed by atoms with Crippen molar-refractivity contribution in [3.63, 3.8) is 0 Å². The van der Waals surface area contributed by atoms with Crippen LogP contribution in [0.25, 0.3) is 0 Å². The Labute approximate surface area is 97.0 Å². The third-order valence-electron chi connectivity index (χ3n) is 2.47. The summed E-state index contributed by atoms with van der Waals surface area (Å²) in [6.07, 6.45) is -3.01. The quantitative estimate of drug-likeness (QED) is 0.601. The Morgan fingerprint density at radius 2 is 2.00 bits per heavy atom. The summed E-state index contributed by atoms with van der Waals surface area (Å²) in [6, 6.07) is 0.760. The fraction of sp³-hybridized carbons (Fsp3) is 0.300. The van der Waals surface area contributed by atoms with Crippen LogP contribution in [-0.4, -0.2) is 17.7 Å². The minimum absolute atomic E-state index is 0.172. The van der Waals surface area contributed by atoms with Crippen molar-refractivity contribution in [2.75, 3.05) is 6.01 Å². The summed E-state index contributed by atoms with van der Waals surface area (Å²) in [5.41, 5.74) is -1.72. The summed E-state index contributed by atoms with van der Waals surface area (Å²) in [5, 5.41) is 0. The van der Waals surface area contributed by atoms with E-state index in [-0.39, 0.29) is 4.90 Å². The minimum Gasteiger partial charge on any atom is -0.287 e. The first-order chi connectivity index (χ1) is 7.91. The number of benzene rings is 1. The first-order valence-electron chi connectivity index (χ1n) is 4.49. The van der Waals surface area contributed by atoms with Crippen LogP contribution in [0.5, 0.6) is 0 Å². The van der Waals surface area contributed by atoms with E-state index < -0.39 is 40.8 Å². The normalized spacial score (nSPS) is 21.7. The lowest BCUT2D eigenvalue weighted by molar-refractivity contribution is -0.0372. The summed E-state index contributed by atoms with van der Waals surface area (Å²) in [7, 11) is 0. The van der Waals surface area contributed by atoms with Gasteiger partial charge in [-0.25, -0.2) is 13.2 Å². The van der Waals surface area contributed by atoms with Crippen molar-refractivity contribution in [3.05, 3.63) is 29.1 Å². The topological polar surface area (TPSA) is 17.1 Å². The molecule has 0 amide bonds. The van der Waals surface area contributed by atoms with Crippen molar-refractivity contribution in [3.8, 4) is 0 Å². The summed E-state index contributed by atoms with van der Waals surface area (Å²) in [6.45, 7) is 0. The molecule has 1 aliphatic rings. The molecule has 0 saturated carbocycles. The number of halogens is 5. The molecule has 92 valence electrons. The van der Waals surface area contributed by atoms with Gasteiger partial charge in [0, 0.05) is 16.0 Å². The fourth-order valence-electron chi connectivity index (χ4n) is 1.70. The minimum atomic E-state index is -4.28. The molecule has 0 bridgehead atoms. The zero-order valence-electron chi connectivity index (χ0n) is 8.15. The van der Waals surface area contributed by atoms with Gasteiger partial charge in [-0.15, -0.1) is 0 Å². The van der Waals surface area contributed by atoms with E-state index in [2.05, 4.69) is 0 Å². The number of fused-ring (bicyclic) bond motifs is 1. The largest absolute Gasteiger partial charge is 0.344 e. The van der Waals surface area contributed by atoms with Gasteiger partial charge in [0.2, 0.25) is 5.78 Å². The maximum Gasteiger partial charge on any atom is 0.344 e. The number of alkyl halides is 4. The Balaban J connectivity index is 2.67. The molecule has 0 N–H and O–H groups in total. The van der Waals surface area contributed by atoms with Crippen molar-refractivity contribution >= 4 is 17.5 Å². The third-order valence-corrected chi connectivity index (χ3v) is 3.23. The van der Waals surface area contributed by atoms with Crippen molar-refractivity contribution in [2.45, 2.75) is 17.0 Å². The van der Waals surface area contributed by atoms with Crippen LogP contribution in [0.4, 0.5) is 22.0 Å². The molecule has 0 saturated heterocycles. The zero-order valence-corrected chi connectivity index (χ0v) is 8.96. The maximum absolute atomic E-state index is 13.3. The van der Waals surface area contributed by atoms with Gasteiger partial charge in [-0.05, 0) is 12.1 Å². The summed E-state index contributed by atoms with van der Waals surface area (Å²) in [4.78, 5) is 11.1. The molecular weight excluding hydrogens is 263 g/mol. The lowest BCUT2D eigenvalue weighted by atomic mass is 10.1. The molecule has 1 nitrogen and oxygen atoms in total. The van der Waals surface area contributed by atoms with Gasteiger partial charge >= 0.3 is 5.92 Å². The van der Waals surface area contributed by atoms with E-state index in [1.165, 1.54) is 0 Å². The molecule has 1 aromatic carbocycles. The highest BCUT2D eigenvalue weighted by Crippen LogP contribution is 2.49.